The van der Waals surface area contributed by atoms with Crippen molar-refractivity contribution < 1.29 is 27.2 Å². The fourth-order valence-electron chi connectivity index (χ4n) is 5.13. The molecule has 1 heterocycles. The van der Waals surface area contributed by atoms with Gasteiger partial charge in [0.05, 0.1) is 55.2 Å². The molecule has 2 amide bonds. The molecule has 9 nitrogen and oxygen atoms in total. The molecule has 3 rings (SSSR count). The van der Waals surface area contributed by atoms with Crippen molar-refractivity contribution in [2.75, 3.05) is 44.6 Å². The van der Waals surface area contributed by atoms with Crippen LogP contribution in [0.2, 0.25) is 0 Å². The van der Waals surface area contributed by atoms with E-state index in [-0.39, 0.29) is 6.42 Å². The lowest BCUT2D eigenvalue weighted by molar-refractivity contribution is -0.920. The van der Waals surface area contributed by atoms with Crippen molar-refractivity contribution in [3.05, 3.63) is 84.6 Å². The minimum absolute atomic E-state index is 0.0459. The van der Waals surface area contributed by atoms with Crippen LogP contribution in [0.25, 0.3) is 10.9 Å². The number of fused-ring (bicyclic) bond motifs is 1. The van der Waals surface area contributed by atoms with Crippen LogP contribution in [0, 0.1) is 0 Å². The van der Waals surface area contributed by atoms with E-state index in [4.69, 9.17) is 17.2 Å². The highest BCUT2D eigenvalue weighted by molar-refractivity contribution is 5.99. The van der Waals surface area contributed by atoms with Gasteiger partial charge in [-0.25, -0.2) is 0 Å². The fourth-order valence-corrected chi connectivity index (χ4v) is 5.13. The number of carbonyl (C=O) groups excluding carboxylic acids is 2. The number of para-hydroxylation sites is 1. The summed E-state index contributed by atoms with van der Waals surface area (Å²) in [5.41, 5.74) is 18.7. The second kappa shape index (κ2) is 15.6. The molecule has 0 saturated heterocycles. The molecule has 0 saturated carbocycles. The number of nitrogens with one attached hydrogen (secondary N) is 2. The summed E-state index contributed by atoms with van der Waals surface area (Å²) in [6.45, 7) is 7.62. The van der Waals surface area contributed by atoms with Crippen molar-refractivity contribution in [2.45, 2.75) is 37.5 Å². The Bertz CT molecular complexity index is 1360. The van der Waals surface area contributed by atoms with Crippen molar-refractivity contribution in [1.29, 1.82) is 0 Å². The van der Waals surface area contributed by atoms with E-state index in [1.807, 2.05) is 30.3 Å². The van der Waals surface area contributed by atoms with E-state index in [2.05, 4.69) is 22.2 Å². The minimum Gasteiger partial charge on any atom is -0.343 e. The predicted molar refractivity (Wildman–Crippen MR) is 163 cm³/mol. The Morgan fingerprint density at radius 2 is 1.67 bits per heavy atom. The first-order valence-electron chi connectivity index (χ1n) is 14.2. The second-order valence-corrected chi connectivity index (χ2v) is 10.7. The summed E-state index contributed by atoms with van der Waals surface area (Å²) in [6, 6.07) is 11.6. The monoisotopic (exact) mass is 600 g/mol. The smallest absolute Gasteiger partial charge is 0.343 e. The summed E-state index contributed by atoms with van der Waals surface area (Å²) in [6.07, 6.45) is -0.249. The van der Waals surface area contributed by atoms with Crippen molar-refractivity contribution in [1.82, 2.24) is 10.3 Å². The summed E-state index contributed by atoms with van der Waals surface area (Å²) in [5, 5.41) is 6.28. The number of pyridine rings is 1. The number of rotatable bonds is 16. The number of nitrogens with zero attached hydrogens (tertiary/aromatic N) is 2. The average Bonchev–Trinajstić information content (AvgIpc) is 2.97. The van der Waals surface area contributed by atoms with E-state index < -0.39 is 35.6 Å². The number of hydrogen-bond donors (Lipinski definition) is 5. The molecule has 2 aromatic carbocycles. The molecule has 1 aromatic heterocycles. The molecule has 0 aliphatic rings. The number of alkyl halides is 3. The zero-order valence-corrected chi connectivity index (χ0v) is 24.2. The minimum atomic E-state index is -4.49. The van der Waals surface area contributed by atoms with Crippen molar-refractivity contribution in [2.24, 2.45) is 17.2 Å². The van der Waals surface area contributed by atoms with Gasteiger partial charge in [0.1, 0.15) is 6.04 Å². The zero-order chi connectivity index (χ0) is 31.5. The van der Waals surface area contributed by atoms with Crippen LogP contribution in [0.1, 0.15) is 24.0 Å². The van der Waals surface area contributed by atoms with Crippen LogP contribution < -0.4 is 27.8 Å². The van der Waals surface area contributed by atoms with Gasteiger partial charge in [-0.05, 0) is 48.7 Å². The number of carbonyl (C=O) groups is 2. The highest BCUT2D eigenvalue weighted by atomic mass is 19.4. The molecule has 0 radical (unpaired) electrons. The van der Waals surface area contributed by atoms with Gasteiger partial charge in [0.2, 0.25) is 11.8 Å². The third-order valence-corrected chi connectivity index (χ3v) is 7.42. The Balaban J connectivity index is 1.73. The molecular weight excluding hydrogens is 559 g/mol. The maximum absolute atomic E-state index is 13.4. The summed E-state index contributed by atoms with van der Waals surface area (Å²) < 4.78 is 39.9. The number of aromatic nitrogens is 1. The first-order valence-corrected chi connectivity index (χ1v) is 14.2. The first kappa shape index (κ1) is 33.7. The SMILES string of the molecule is C=CC[N+](CCN)(CCN)CCC[C@H](N)C(=O)N[C@H](Cc1ccc(C(F)(F)F)cc1)C(=O)Nc1cnc2ccccc2c1. The van der Waals surface area contributed by atoms with E-state index in [9.17, 15) is 22.8 Å². The number of hydrogen-bond acceptors (Lipinski definition) is 6. The molecule has 0 bridgehead atoms. The summed E-state index contributed by atoms with van der Waals surface area (Å²) >= 11 is 0. The first-order chi connectivity index (χ1) is 20.5. The third-order valence-electron chi connectivity index (χ3n) is 7.42. The van der Waals surface area contributed by atoms with Crippen LogP contribution >= 0.6 is 0 Å². The number of amides is 2. The maximum atomic E-state index is 13.4. The van der Waals surface area contributed by atoms with Crippen LogP contribution in [0.3, 0.4) is 0 Å². The van der Waals surface area contributed by atoms with Gasteiger partial charge < -0.3 is 32.3 Å². The lowest BCUT2D eigenvalue weighted by atomic mass is 10.0. The third kappa shape index (κ3) is 9.85. The largest absolute Gasteiger partial charge is 0.416 e. The Kier molecular flexibility index (Phi) is 12.2. The maximum Gasteiger partial charge on any atom is 0.416 e. The lowest BCUT2D eigenvalue weighted by Gasteiger charge is -2.37. The molecule has 0 unspecified atom stereocenters. The van der Waals surface area contributed by atoms with Gasteiger partial charge in [0.15, 0.2) is 0 Å². The van der Waals surface area contributed by atoms with E-state index in [0.29, 0.717) is 67.8 Å². The Morgan fingerprint density at radius 3 is 2.30 bits per heavy atom. The van der Waals surface area contributed by atoms with E-state index in [0.717, 1.165) is 23.0 Å². The molecule has 0 fully saturated rings. The Hall–Kier alpha value is -3.84. The van der Waals surface area contributed by atoms with Crippen LogP contribution in [0.5, 0.6) is 0 Å². The topological polar surface area (TPSA) is 149 Å². The van der Waals surface area contributed by atoms with Crippen LogP contribution in [0.15, 0.2) is 73.4 Å². The Labute approximate surface area is 249 Å². The number of anilines is 1. The molecule has 12 heteroatoms. The van der Waals surface area contributed by atoms with E-state index in [1.165, 1.54) is 18.3 Å². The molecule has 0 aliphatic carbocycles. The lowest BCUT2D eigenvalue weighted by Crippen LogP contribution is -2.54. The van der Waals surface area contributed by atoms with Gasteiger partial charge in [-0.1, -0.05) is 36.9 Å². The standard InChI is InChI=1S/C31H40F3N7O2/c1-2-15-41(17-13-35,18-14-36)16-5-7-26(37)29(42)40-28(19-22-9-11-24(12-10-22)31(32,33)34)30(43)39-25-20-23-6-3-4-8-27(23)38-21-25/h2-4,6,8-12,20-21,26,28H,1,5,7,13-19,35-37H2,(H-,39,40,42,43)/p+1/t26-,28+/m0/s1. The van der Waals surface area contributed by atoms with Gasteiger partial charge in [-0.2, -0.15) is 13.2 Å². The summed E-state index contributed by atoms with van der Waals surface area (Å²) in [5.74, 6) is -1.09. The van der Waals surface area contributed by atoms with Crippen LogP contribution in [0.4, 0.5) is 18.9 Å². The van der Waals surface area contributed by atoms with Crippen molar-refractivity contribution >= 4 is 28.4 Å². The molecule has 0 spiro atoms. The molecule has 43 heavy (non-hydrogen) atoms. The summed E-state index contributed by atoms with van der Waals surface area (Å²) in [4.78, 5) is 30.9. The highest BCUT2D eigenvalue weighted by Gasteiger charge is 2.31. The second-order valence-electron chi connectivity index (χ2n) is 10.7. The van der Waals surface area contributed by atoms with Crippen molar-refractivity contribution in [3.8, 4) is 0 Å². The molecular formula is C31H41F3N7O2+. The molecule has 2 atom stereocenters. The number of benzene rings is 2. The molecule has 3 aromatic rings. The predicted octanol–water partition coefficient (Wildman–Crippen LogP) is 2.95. The van der Waals surface area contributed by atoms with Gasteiger partial charge in [-0.15, -0.1) is 0 Å². The Morgan fingerprint density at radius 1 is 1.00 bits per heavy atom. The average molecular weight is 601 g/mol. The van der Waals surface area contributed by atoms with Gasteiger partial charge in [0, 0.05) is 24.9 Å². The van der Waals surface area contributed by atoms with Crippen molar-refractivity contribution in [3.63, 3.8) is 0 Å². The quantitative estimate of drug-likeness (QED) is 0.126. The number of halogens is 3. The van der Waals surface area contributed by atoms with E-state index >= 15 is 0 Å². The molecule has 232 valence electrons. The normalized spacial score (nSPS) is 13.3. The zero-order valence-electron chi connectivity index (χ0n) is 24.2. The van der Waals surface area contributed by atoms with Crippen LogP contribution in [-0.2, 0) is 22.2 Å². The van der Waals surface area contributed by atoms with Crippen LogP contribution in [-0.4, -0.2) is 72.6 Å². The van der Waals surface area contributed by atoms with E-state index in [1.54, 1.807) is 6.07 Å². The number of quaternary nitrogens is 1. The molecule has 8 N–H and O–H groups in total. The fraction of sp³-hybridized carbons (Fsp3) is 0.387. The van der Waals surface area contributed by atoms with Gasteiger partial charge in [0.25, 0.3) is 0 Å². The van der Waals surface area contributed by atoms with Gasteiger partial charge in [-0.3, -0.25) is 14.6 Å². The number of nitrogens with two attached hydrogens (primary N) is 3. The molecule has 0 aliphatic heterocycles. The summed E-state index contributed by atoms with van der Waals surface area (Å²) in [7, 11) is 0. The highest BCUT2D eigenvalue weighted by Crippen LogP contribution is 2.29. The van der Waals surface area contributed by atoms with Gasteiger partial charge >= 0.3 is 6.18 Å².